The summed E-state index contributed by atoms with van der Waals surface area (Å²) in [6, 6.07) is 21.9. The van der Waals surface area contributed by atoms with E-state index in [0.717, 1.165) is 38.4 Å². The Hall–Kier alpha value is -2.57. The molecule has 144 valence electrons. The number of piperazine rings is 1. The van der Waals surface area contributed by atoms with Gasteiger partial charge in [0.15, 0.2) is 10.4 Å². The maximum Gasteiger partial charge on any atom is 0.291 e. The molecular weight excluding hydrogens is 418 g/mol. The van der Waals surface area contributed by atoms with E-state index >= 15 is 0 Å². The fourth-order valence-electron chi connectivity index (χ4n) is 3.39. The van der Waals surface area contributed by atoms with Gasteiger partial charge in [-0.3, -0.25) is 9.69 Å². The van der Waals surface area contributed by atoms with Crippen molar-refractivity contribution in [3.8, 4) is 0 Å². The molecule has 1 aliphatic heterocycles. The van der Waals surface area contributed by atoms with E-state index < -0.39 is 0 Å². The summed E-state index contributed by atoms with van der Waals surface area (Å²) in [5, 5.41) is 2.86. The molecule has 5 nitrogen and oxygen atoms in total. The summed E-state index contributed by atoms with van der Waals surface area (Å²) in [5.74, 6) is 0.0264. The summed E-state index contributed by atoms with van der Waals surface area (Å²) < 4.78 is 5.82. The number of carbonyl (C=O) groups excluding carboxylic acids is 1. The lowest BCUT2D eigenvalue weighted by molar-refractivity contribution is 0.0995. The molecule has 1 saturated heterocycles. The van der Waals surface area contributed by atoms with Crippen LogP contribution in [0.4, 0.5) is 11.4 Å². The molecule has 2 aromatic carbocycles. The monoisotopic (exact) mass is 439 g/mol. The predicted molar refractivity (Wildman–Crippen MR) is 115 cm³/mol. The summed E-state index contributed by atoms with van der Waals surface area (Å²) in [7, 11) is 0. The molecular formula is C22H22BrN3O2. The molecule has 0 radical (unpaired) electrons. The third-order valence-electron chi connectivity index (χ3n) is 4.91. The van der Waals surface area contributed by atoms with Gasteiger partial charge < -0.3 is 14.6 Å². The highest BCUT2D eigenvalue weighted by molar-refractivity contribution is 9.10. The molecule has 28 heavy (non-hydrogen) atoms. The Balaban J connectivity index is 1.30. The highest BCUT2D eigenvalue weighted by Crippen LogP contribution is 2.21. The minimum Gasteiger partial charge on any atom is -0.444 e. The quantitative estimate of drug-likeness (QED) is 0.629. The Morgan fingerprint density at radius 3 is 2.29 bits per heavy atom. The second-order valence-corrected chi connectivity index (χ2v) is 7.64. The van der Waals surface area contributed by atoms with Gasteiger partial charge in [-0.15, -0.1) is 0 Å². The molecule has 3 aromatic rings. The van der Waals surface area contributed by atoms with E-state index in [4.69, 9.17) is 4.42 Å². The van der Waals surface area contributed by atoms with Crippen molar-refractivity contribution in [2.45, 2.75) is 6.54 Å². The zero-order chi connectivity index (χ0) is 19.3. The van der Waals surface area contributed by atoms with E-state index in [1.165, 1.54) is 11.3 Å². The van der Waals surface area contributed by atoms with Gasteiger partial charge in [0, 0.05) is 44.1 Å². The van der Waals surface area contributed by atoms with Crippen LogP contribution < -0.4 is 10.2 Å². The van der Waals surface area contributed by atoms with Gasteiger partial charge in [-0.1, -0.05) is 30.3 Å². The Labute approximate surface area is 173 Å². The lowest BCUT2D eigenvalue weighted by atomic mass is 10.2. The van der Waals surface area contributed by atoms with Crippen LogP contribution in [0.25, 0.3) is 0 Å². The zero-order valence-corrected chi connectivity index (χ0v) is 17.1. The molecule has 1 aromatic heterocycles. The molecule has 0 unspecified atom stereocenters. The van der Waals surface area contributed by atoms with Gasteiger partial charge in [-0.05, 0) is 57.9 Å². The van der Waals surface area contributed by atoms with Crippen molar-refractivity contribution >= 4 is 33.2 Å². The number of nitrogens with zero attached hydrogens (tertiary/aromatic N) is 2. The third-order valence-corrected chi connectivity index (χ3v) is 5.33. The van der Waals surface area contributed by atoms with Crippen LogP contribution in [-0.4, -0.2) is 37.0 Å². The van der Waals surface area contributed by atoms with Crippen LogP contribution in [0.2, 0.25) is 0 Å². The highest BCUT2D eigenvalue weighted by Gasteiger charge is 2.17. The van der Waals surface area contributed by atoms with Gasteiger partial charge in [0.25, 0.3) is 5.91 Å². The van der Waals surface area contributed by atoms with E-state index in [9.17, 15) is 4.79 Å². The Kier molecular flexibility index (Phi) is 5.78. The molecule has 4 rings (SSSR count). The topological polar surface area (TPSA) is 48.7 Å². The maximum atomic E-state index is 12.2. The SMILES string of the molecule is O=C(Nc1ccc(N2CCN(Cc3ccccc3)CC2)cc1)c1ccc(Br)o1. The number of benzene rings is 2. The molecule has 1 N–H and O–H groups in total. The summed E-state index contributed by atoms with van der Waals surface area (Å²) in [6.45, 7) is 5.09. The number of hydrogen-bond donors (Lipinski definition) is 1. The molecule has 1 aliphatic rings. The van der Waals surface area contributed by atoms with Crippen LogP contribution in [0, 0.1) is 0 Å². The van der Waals surface area contributed by atoms with Gasteiger partial charge in [-0.2, -0.15) is 0 Å². The van der Waals surface area contributed by atoms with E-state index in [-0.39, 0.29) is 11.7 Å². The molecule has 1 fully saturated rings. The first-order chi connectivity index (χ1) is 13.7. The van der Waals surface area contributed by atoms with Crippen LogP contribution in [-0.2, 0) is 6.54 Å². The number of nitrogens with one attached hydrogen (secondary N) is 1. The maximum absolute atomic E-state index is 12.2. The van der Waals surface area contributed by atoms with Crippen LogP contribution in [0.3, 0.4) is 0 Å². The predicted octanol–water partition coefficient (Wildman–Crippen LogP) is 4.62. The van der Waals surface area contributed by atoms with Crippen molar-refractivity contribution < 1.29 is 9.21 Å². The van der Waals surface area contributed by atoms with Gasteiger partial charge >= 0.3 is 0 Å². The highest BCUT2D eigenvalue weighted by atomic mass is 79.9. The van der Waals surface area contributed by atoms with Gasteiger partial charge in [0.05, 0.1) is 0 Å². The van der Waals surface area contributed by atoms with Crippen molar-refractivity contribution in [1.82, 2.24) is 4.90 Å². The fourth-order valence-corrected chi connectivity index (χ4v) is 3.70. The smallest absolute Gasteiger partial charge is 0.291 e. The van der Waals surface area contributed by atoms with Crippen LogP contribution >= 0.6 is 15.9 Å². The van der Waals surface area contributed by atoms with Crippen LogP contribution in [0.1, 0.15) is 16.1 Å². The summed E-state index contributed by atoms with van der Waals surface area (Å²) >= 11 is 3.21. The number of carbonyl (C=O) groups is 1. The van der Waals surface area contributed by atoms with E-state index in [1.807, 2.05) is 12.1 Å². The van der Waals surface area contributed by atoms with Gasteiger partial charge in [-0.25, -0.2) is 0 Å². The Bertz CT molecular complexity index is 916. The lowest BCUT2D eigenvalue weighted by Gasteiger charge is -2.36. The molecule has 0 aliphatic carbocycles. The number of halogens is 1. The first kappa shape index (κ1) is 18.8. The minimum absolute atomic E-state index is 0.257. The third kappa shape index (κ3) is 4.64. The van der Waals surface area contributed by atoms with Crippen molar-refractivity contribution in [3.63, 3.8) is 0 Å². The first-order valence-corrected chi connectivity index (χ1v) is 10.1. The number of furan rings is 1. The molecule has 6 heteroatoms. The molecule has 0 atom stereocenters. The number of anilines is 2. The molecule has 2 heterocycles. The van der Waals surface area contributed by atoms with E-state index in [2.05, 4.69) is 73.5 Å². The van der Waals surface area contributed by atoms with E-state index in [1.54, 1.807) is 12.1 Å². The van der Waals surface area contributed by atoms with E-state index in [0.29, 0.717) is 4.67 Å². The van der Waals surface area contributed by atoms with Crippen molar-refractivity contribution in [2.75, 3.05) is 36.4 Å². The number of hydrogen-bond acceptors (Lipinski definition) is 4. The molecule has 1 amide bonds. The molecule has 0 spiro atoms. The Morgan fingerprint density at radius 1 is 0.929 bits per heavy atom. The molecule has 0 bridgehead atoms. The zero-order valence-electron chi connectivity index (χ0n) is 15.5. The minimum atomic E-state index is -0.257. The second-order valence-electron chi connectivity index (χ2n) is 6.85. The molecule has 0 saturated carbocycles. The van der Waals surface area contributed by atoms with Crippen molar-refractivity contribution in [1.29, 1.82) is 0 Å². The average Bonchev–Trinajstić information content (AvgIpc) is 3.17. The fraction of sp³-hybridized carbons (Fsp3) is 0.227. The van der Waals surface area contributed by atoms with Crippen LogP contribution in [0.15, 0.2) is 75.8 Å². The largest absolute Gasteiger partial charge is 0.444 e. The summed E-state index contributed by atoms with van der Waals surface area (Å²) in [6.07, 6.45) is 0. The first-order valence-electron chi connectivity index (χ1n) is 9.35. The average molecular weight is 440 g/mol. The second kappa shape index (κ2) is 8.63. The van der Waals surface area contributed by atoms with Gasteiger partial charge in [0.1, 0.15) is 0 Å². The van der Waals surface area contributed by atoms with Crippen molar-refractivity contribution in [2.24, 2.45) is 0 Å². The van der Waals surface area contributed by atoms with Crippen LogP contribution in [0.5, 0.6) is 0 Å². The number of rotatable bonds is 5. The summed E-state index contributed by atoms with van der Waals surface area (Å²) in [5.41, 5.74) is 3.29. The van der Waals surface area contributed by atoms with Gasteiger partial charge in [0.2, 0.25) is 0 Å². The normalized spacial score (nSPS) is 14.8. The number of amides is 1. The summed E-state index contributed by atoms with van der Waals surface area (Å²) in [4.78, 5) is 17.0. The Morgan fingerprint density at radius 2 is 1.64 bits per heavy atom. The lowest BCUT2D eigenvalue weighted by Crippen LogP contribution is -2.45. The van der Waals surface area contributed by atoms with Crippen molar-refractivity contribution in [3.05, 3.63) is 82.7 Å². The standard InChI is InChI=1S/C22H22BrN3O2/c23-21-11-10-20(28-21)22(27)24-18-6-8-19(9-7-18)26-14-12-25(13-15-26)16-17-4-2-1-3-5-17/h1-11H,12-16H2,(H,24,27).